The molecule has 1 saturated carbocycles. The molecule has 1 N–H and O–H groups in total. The summed E-state index contributed by atoms with van der Waals surface area (Å²) < 4.78 is 0.844. The lowest BCUT2D eigenvalue weighted by Crippen LogP contribution is -2.14. The summed E-state index contributed by atoms with van der Waals surface area (Å²) in [4.78, 5) is 0. The number of hydroxylamine groups is 1. The third kappa shape index (κ3) is 4.85. The van der Waals surface area contributed by atoms with Crippen LogP contribution in [-0.2, 0) is 0 Å². The molecule has 0 saturated heterocycles. The Kier molecular flexibility index (Phi) is 4.18. The molecule has 1 rings (SSSR count). The topological polar surface area (TPSA) is 35.8 Å². The smallest absolute Gasteiger partial charge is 0.0674 e. The number of hydrazone groups is 1. The highest BCUT2D eigenvalue weighted by Gasteiger charge is 2.23. The van der Waals surface area contributed by atoms with E-state index in [2.05, 4.69) is 27.6 Å². The normalized spacial score (nSPS) is 17.8. The first kappa shape index (κ1) is 10.5. The van der Waals surface area contributed by atoms with E-state index in [4.69, 9.17) is 0 Å². The third-order valence-electron chi connectivity index (χ3n) is 1.75. The molecule has 1 aliphatic carbocycles. The molecular formula is C9H13BrN2O. The molecule has 0 radical (unpaired) electrons. The summed E-state index contributed by atoms with van der Waals surface area (Å²) in [6.07, 6.45) is 7.34. The lowest BCUT2D eigenvalue weighted by Gasteiger charge is -2.07. The molecule has 0 aromatic heterocycles. The van der Waals surface area contributed by atoms with Crippen molar-refractivity contribution in [2.45, 2.75) is 12.8 Å². The van der Waals surface area contributed by atoms with Gasteiger partial charge in [0.1, 0.15) is 0 Å². The van der Waals surface area contributed by atoms with E-state index in [1.54, 1.807) is 12.2 Å². The van der Waals surface area contributed by atoms with Gasteiger partial charge in [0.2, 0.25) is 0 Å². The maximum Gasteiger partial charge on any atom is 0.0674 e. The quantitative estimate of drug-likeness (QED) is 0.459. The predicted octanol–water partition coefficient (Wildman–Crippen LogP) is 2.54. The van der Waals surface area contributed by atoms with E-state index in [1.807, 2.05) is 0 Å². The Balaban J connectivity index is 2.24. The van der Waals surface area contributed by atoms with E-state index in [1.165, 1.54) is 19.1 Å². The first-order valence-electron chi connectivity index (χ1n) is 4.21. The molecule has 1 fully saturated rings. The fourth-order valence-corrected chi connectivity index (χ4v) is 0.946. The van der Waals surface area contributed by atoms with E-state index in [0.717, 1.165) is 9.65 Å². The molecule has 0 amide bonds. The molecule has 3 nitrogen and oxygen atoms in total. The maximum atomic E-state index is 9.21. The van der Waals surface area contributed by atoms with E-state index in [-0.39, 0.29) is 0 Å². The second kappa shape index (κ2) is 5.19. The fourth-order valence-electron chi connectivity index (χ4n) is 0.828. The number of hydrogen-bond acceptors (Lipinski definition) is 3. The molecule has 0 aromatic carbocycles. The van der Waals surface area contributed by atoms with E-state index >= 15 is 0 Å². The van der Waals surface area contributed by atoms with E-state index < -0.39 is 0 Å². The summed E-state index contributed by atoms with van der Waals surface area (Å²) in [6.45, 7) is 4.20. The third-order valence-corrected chi connectivity index (χ3v) is 2.34. The van der Waals surface area contributed by atoms with Crippen LogP contribution in [0.5, 0.6) is 0 Å². The van der Waals surface area contributed by atoms with Crippen LogP contribution in [0.2, 0.25) is 0 Å². The highest BCUT2D eigenvalue weighted by Crippen LogP contribution is 2.29. The average molecular weight is 245 g/mol. The minimum Gasteiger partial charge on any atom is -0.272 e. The number of rotatable bonds is 5. The van der Waals surface area contributed by atoms with Gasteiger partial charge in [0.25, 0.3) is 0 Å². The summed E-state index contributed by atoms with van der Waals surface area (Å²) in [6, 6.07) is 0. The van der Waals surface area contributed by atoms with Gasteiger partial charge in [0.05, 0.1) is 12.8 Å². The van der Waals surface area contributed by atoms with Crippen LogP contribution in [0.1, 0.15) is 12.8 Å². The Morgan fingerprint density at radius 1 is 1.69 bits per heavy atom. The van der Waals surface area contributed by atoms with Crippen molar-refractivity contribution in [2.24, 2.45) is 11.0 Å². The molecule has 0 atom stereocenters. The zero-order valence-corrected chi connectivity index (χ0v) is 8.94. The number of allylic oxidation sites excluding steroid dienone is 3. The molecule has 0 heterocycles. The van der Waals surface area contributed by atoms with Crippen molar-refractivity contribution in [3.63, 3.8) is 0 Å². The van der Waals surface area contributed by atoms with Crippen LogP contribution in [0.15, 0.2) is 28.3 Å². The van der Waals surface area contributed by atoms with Crippen LogP contribution >= 0.6 is 15.9 Å². The largest absolute Gasteiger partial charge is 0.272 e. The van der Waals surface area contributed by atoms with Crippen LogP contribution in [0.3, 0.4) is 0 Å². The second-order valence-electron chi connectivity index (χ2n) is 3.02. The van der Waals surface area contributed by atoms with Crippen molar-refractivity contribution in [1.29, 1.82) is 0 Å². The predicted molar refractivity (Wildman–Crippen MR) is 56.9 cm³/mol. The highest BCUT2D eigenvalue weighted by molar-refractivity contribution is 9.11. The van der Waals surface area contributed by atoms with Crippen LogP contribution < -0.4 is 0 Å². The first-order chi connectivity index (χ1) is 6.22. The van der Waals surface area contributed by atoms with Crippen molar-refractivity contribution < 1.29 is 5.21 Å². The molecule has 0 bridgehead atoms. The van der Waals surface area contributed by atoms with Crippen LogP contribution in [0.4, 0.5) is 0 Å². The van der Waals surface area contributed by atoms with E-state index in [0.29, 0.717) is 12.5 Å². The van der Waals surface area contributed by atoms with Gasteiger partial charge in [-0.3, -0.25) is 5.21 Å². The summed E-state index contributed by atoms with van der Waals surface area (Å²) in [5.74, 6) is 0.633. The monoisotopic (exact) mass is 244 g/mol. The van der Waals surface area contributed by atoms with E-state index in [9.17, 15) is 5.21 Å². The Labute approximate surface area is 86.5 Å². The number of nitrogens with zero attached hydrogens (tertiary/aromatic N) is 2. The fraction of sp³-hybridized carbons (Fsp3) is 0.444. The molecule has 13 heavy (non-hydrogen) atoms. The van der Waals surface area contributed by atoms with Gasteiger partial charge in [0.15, 0.2) is 0 Å². The number of hydrogen-bond donors (Lipinski definition) is 1. The SMILES string of the molecule is C=C/C(Br)=C/C=N\N(O)CC1CC1. The molecule has 0 unspecified atom stereocenters. The second-order valence-corrected chi connectivity index (χ2v) is 3.93. The minimum atomic E-state index is 0.633. The van der Waals surface area contributed by atoms with Crippen molar-refractivity contribution in [3.05, 3.63) is 23.2 Å². The minimum absolute atomic E-state index is 0.633. The highest BCUT2D eigenvalue weighted by atomic mass is 79.9. The number of halogens is 1. The van der Waals surface area contributed by atoms with Gasteiger partial charge >= 0.3 is 0 Å². The molecule has 0 aliphatic heterocycles. The van der Waals surface area contributed by atoms with Gasteiger partial charge in [-0.2, -0.15) is 10.3 Å². The van der Waals surface area contributed by atoms with Crippen molar-refractivity contribution in [1.82, 2.24) is 5.17 Å². The average Bonchev–Trinajstić information content (AvgIpc) is 2.88. The van der Waals surface area contributed by atoms with Gasteiger partial charge in [-0.1, -0.05) is 28.6 Å². The summed E-state index contributed by atoms with van der Waals surface area (Å²) in [5, 5.41) is 14.0. The molecule has 0 spiro atoms. The molecule has 1 aliphatic rings. The summed E-state index contributed by atoms with van der Waals surface area (Å²) >= 11 is 3.24. The van der Waals surface area contributed by atoms with Gasteiger partial charge in [0, 0.05) is 4.48 Å². The zero-order valence-electron chi connectivity index (χ0n) is 7.36. The van der Waals surface area contributed by atoms with Crippen molar-refractivity contribution >= 4 is 22.1 Å². The van der Waals surface area contributed by atoms with Crippen molar-refractivity contribution in [2.75, 3.05) is 6.54 Å². The Morgan fingerprint density at radius 2 is 2.38 bits per heavy atom. The molecule has 72 valence electrons. The van der Waals surface area contributed by atoms with Crippen molar-refractivity contribution in [3.8, 4) is 0 Å². The van der Waals surface area contributed by atoms with Crippen LogP contribution in [0, 0.1) is 5.92 Å². The molecular weight excluding hydrogens is 232 g/mol. The Morgan fingerprint density at radius 3 is 2.92 bits per heavy atom. The van der Waals surface area contributed by atoms with Crippen LogP contribution in [-0.4, -0.2) is 23.1 Å². The first-order valence-corrected chi connectivity index (χ1v) is 5.00. The molecule has 4 heteroatoms. The standard InChI is InChI=1S/C9H13BrN2O/c1-2-9(10)5-6-11-12(13)7-8-3-4-8/h2,5-6,8,13H,1,3-4,7H2/b9-5-,11-6-. The lowest BCUT2D eigenvalue weighted by molar-refractivity contribution is -0.0922. The molecule has 0 aromatic rings. The Bertz CT molecular complexity index is 234. The van der Waals surface area contributed by atoms with Gasteiger partial charge < -0.3 is 0 Å². The Hall–Kier alpha value is -0.610. The van der Waals surface area contributed by atoms with Gasteiger partial charge in [-0.15, -0.1) is 0 Å². The summed E-state index contributed by atoms with van der Waals surface area (Å²) in [5.41, 5.74) is 0. The summed E-state index contributed by atoms with van der Waals surface area (Å²) in [7, 11) is 0. The van der Waals surface area contributed by atoms with Gasteiger partial charge in [-0.05, 0) is 24.8 Å². The van der Waals surface area contributed by atoms with Crippen LogP contribution in [0.25, 0.3) is 0 Å². The maximum absolute atomic E-state index is 9.21. The van der Waals surface area contributed by atoms with Gasteiger partial charge in [-0.25, -0.2) is 0 Å². The lowest BCUT2D eigenvalue weighted by atomic mass is 10.4. The zero-order chi connectivity index (χ0) is 9.68.